The van der Waals surface area contributed by atoms with E-state index in [1.807, 2.05) is 11.8 Å². The van der Waals surface area contributed by atoms with Gasteiger partial charge in [-0.25, -0.2) is 0 Å². The van der Waals surface area contributed by atoms with Crippen LogP contribution in [0, 0.1) is 11.8 Å². The number of amides is 1. The SMILES string of the molecule is CCOC(=O)C1CCCN(C(=O)C2CC3CCC2N3)C1. The Morgan fingerprint density at radius 1 is 1.30 bits per heavy atom. The molecular weight excluding hydrogens is 256 g/mol. The number of fused-ring (bicyclic) bond motifs is 2. The van der Waals surface area contributed by atoms with Crippen LogP contribution >= 0.6 is 0 Å². The van der Waals surface area contributed by atoms with Gasteiger partial charge in [0.25, 0.3) is 0 Å². The third-order valence-electron chi connectivity index (χ3n) is 4.97. The van der Waals surface area contributed by atoms with Gasteiger partial charge in [-0.05, 0) is 39.0 Å². The average molecular weight is 280 g/mol. The van der Waals surface area contributed by atoms with Crippen LogP contribution < -0.4 is 5.32 Å². The summed E-state index contributed by atoms with van der Waals surface area (Å²) in [6.45, 7) is 3.58. The second-order valence-corrected chi connectivity index (χ2v) is 6.27. The highest BCUT2D eigenvalue weighted by atomic mass is 16.5. The van der Waals surface area contributed by atoms with Crippen LogP contribution in [0.1, 0.15) is 39.0 Å². The molecule has 3 rings (SSSR count). The number of piperidine rings is 1. The quantitative estimate of drug-likeness (QED) is 0.781. The molecule has 4 atom stereocenters. The Labute approximate surface area is 120 Å². The summed E-state index contributed by atoms with van der Waals surface area (Å²) < 4.78 is 5.10. The summed E-state index contributed by atoms with van der Waals surface area (Å²) in [5.74, 6) is 0.115. The fourth-order valence-corrected chi connectivity index (χ4v) is 3.96. The number of rotatable bonds is 3. The number of hydrogen-bond donors (Lipinski definition) is 1. The molecule has 0 aromatic rings. The highest BCUT2D eigenvalue weighted by Crippen LogP contribution is 2.35. The molecule has 5 heteroatoms. The van der Waals surface area contributed by atoms with Gasteiger partial charge in [0, 0.05) is 25.2 Å². The van der Waals surface area contributed by atoms with Crippen molar-refractivity contribution in [1.82, 2.24) is 10.2 Å². The third-order valence-corrected chi connectivity index (χ3v) is 4.97. The summed E-state index contributed by atoms with van der Waals surface area (Å²) in [6, 6.07) is 0.912. The molecule has 0 saturated carbocycles. The van der Waals surface area contributed by atoms with Crippen molar-refractivity contribution in [2.24, 2.45) is 11.8 Å². The zero-order chi connectivity index (χ0) is 14.1. The minimum Gasteiger partial charge on any atom is -0.466 e. The standard InChI is InChI=1S/C15H24N2O3/c1-2-20-15(19)10-4-3-7-17(9-10)14(18)12-8-11-5-6-13(12)16-11/h10-13,16H,2-9H2,1H3. The number of ether oxygens (including phenoxy) is 1. The Kier molecular flexibility index (Phi) is 3.96. The molecule has 20 heavy (non-hydrogen) atoms. The van der Waals surface area contributed by atoms with Gasteiger partial charge in [-0.1, -0.05) is 0 Å². The van der Waals surface area contributed by atoms with Crippen LogP contribution in [-0.4, -0.2) is 48.6 Å². The van der Waals surface area contributed by atoms with Gasteiger partial charge >= 0.3 is 5.97 Å². The molecule has 0 aromatic heterocycles. The first-order valence-corrected chi connectivity index (χ1v) is 7.90. The van der Waals surface area contributed by atoms with Crippen molar-refractivity contribution in [3.63, 3.8) is 0 Å². The maximum atomic E-state index is 12.7. The van der Waals surface area contributed by atoms with Crippen LogP contribution in [-0.2, 0) is 14.3 Å². The minimum absolute atomic E-state index is 0.126. The molecule has 1 N–H and O–H groups in total. The zero-order valence-corrected chi connectivity index (χ0v) is 12.1. The lowest BCUT2D eigenvalue weighted by atomic mass is 9.87. The van der Waals surface area contributed by atoms with Crippen LogP contribution in [0.5, 0.6) is 0 Å². The normalized spacial score (nSPS) is 36.1. The molecule has 0 radical (unpaired) electrons. The van der Waals surface area contributed by atoms with E-state index in [9.17, 15) is 9.59 Å². The topological polar surface area (TPSA) is 58.6 Å². The number of hydrogen-bond acceptors (Lipinski definition) is 4. The van der Waals surface area contributed by atoms with Gasteiger partial charge in [0.1, 0.15) is 0 Å². The summed E-state index contributed by atoms with van der Waals surface area (Å²) >= 11 is 0. The predicted octanol–water partition coefficient (Wildman–Crippen LogP) is 0.929. The van der Waals surface area contributed by atoms with E-state index in [1.165, 1.54) is 6.42 Å². The van der Waals surface area contributed by atoms with E-state index in [0.29, 0.717) is 25.2 Å². The number of nitrogens with zero attached hydrogens (tertiary/aromatic N) is 1. The second kappa shape index (κ2) is 5.72. The predicted molar refractivity (Wildman–Crippen MR) is 74.0 cm³/mol. The van der Waals surface area contributed by atoms with Gasteiger partial charge in [-0.3, -0.25) is 9.59 Å². The van der Waals surface area contributed by atoms with E-state index >= 15 is 0 Å². The lowest BCUT2D eigenvalue weighted by Crippen LogP contribution is -2.47. The molecule has 3 saturated heterocycles. The molecule has 5 nitrogen and oxygen atoms in total. The van der Waals surface area contributed by atoms with Crippen LogP contribution in [0.25, 0.3) is 0 Å². The summed E-state index contributed by atoms with van der Waals surface area (Å²) in [6.07, 6.45) is 5.06. The molecule has 0 aromatic carbocycles. The van der Waals surface area contributed by atoms with Crippen LogP contribution in [0.4, 0.5) is 0 Å². The zero-order valence-electron chi connectivity index (χ0n) is 12.1. The highest BCUT2D eigenvalue weighted by molar-refractivity contribution is 5.81. The van der Waals surface area contributed by atoms with Gasteiger partial charge < -0.3 is 15.0 Å². The summed E-state index contributed by atoms with van der Waals surface area (Å²) in [7, 11) is 0. The smallest absolute Gasteiger partial charge is 0.310 e. The Morgan fingerprint density at radius 2 is 2.15 bits per heavy atom. The largest absolute Gasteiger partial charge is 0.466 e. The van der Waals surface area contributed by atoms with Crippen molar-refractivity contribution in [3.05, 3.63) is 0 Å². The van der Waals surface area contributed by atoms with E-state index in [1.54, 1.807) is 0 Å². The van der Waals surface area contributed by atoms with Crippen LogP contribution in [0.3, 0.4) is 0 Å². The van der Waals surface area contributed by atoms with Crippen LogP contribution in [0.2, 0.25) is 0 Å². The number of esters is 1. The first-order valence-electron chi connectivity index (χ1n) is 7.90. The first kappa shape index (κ1) is 13.9. The molecule has 3 fully saturated rings. The molecule has 0 aliphatic carbocycles. The van der Waals surface area contributed by atoms with Gasteiger partial charge in [0.15, 0.2) is 0 Å². The maximum Gasteiger partial charge on any atom is 0.310 e. The molecular formula is C15H24N2O3. The van der Waals surface area contributed by atoms with E-state index < -0.39 is 0 Å². The second-order valence-electron chi connectivity index (χ2n) is 6.27. The molecule has 3 aliphatic heterocycles. The van der Waals surface area contributed by atoms with Crippen molar-refractivity contribution in [2.75, 3.05) is 19.7 Å². The molecule has 112 valence electrons. The van der Waals surface area contributed by atoms with Gasteiger partial charge in [0.2, 0.25) is 5.91 Å². The van der Waals surface area contributed by atoms with Gasteiger partial charge in [-0.15, -0.1) is 0 Å². The Balaban J connectivity index is 1.59. The molecule has 0 spiro atoms. The Bertz CT molecular complexity index is 399. The molecule has 4 unspecified atom stereocenters. The summed E-state index contributed by atoms with van der Waals surface area (Å²) in [5.41, 5.74) is 0. The highest BCUT2D eigenvalue weighted by Gasteiger charge is 2.45. The maximum absolute atomic E-state index is 12.7. The Hall–Kier alpha value is -1.10. The molecule has 3 aliphatic rings. The van der Waals surface area contributed by atoms with Crippen molar-refractivity contribution < 1.29 is 14.3 Å². The Morgan fingerprint density at radius 3 is 2.80 bits per heavy atom. The first-order chi connectivity index (χ1) is 9.69. The number of carbonyl (C=O) groups excluding carboxylic acids is 2. The van der Waals surface area contributed by atoms with Crippen LogP contribution in [0.15, 0.2) is 0 Å². The fraction of sp³-hybridized carbons (Fsp3) is 0.867. The molecule has 1 amide bonds. The fourth-order valence-electron chi connectivity index (χ4n) is 3.96. The van der Waals surface area contributed by atoms with Crippen molar-refractivity contribution in [2.45, 2.75) is 51.1 Å². The van der Waals surface area contributed by atoms with Crippen molar-refractivity contribution in [1.29, 1.82) is 0 Å². The third kappa shape index (κ3) is 2.55. The lowest BCUT2D eigenvalue weighted by molar-refractivity contribution is -0.152. The molecule has 3 heterocycles. The van der Waals surface area contributed by atoms with E-state index in [2.05, 4.69) is 5.32 Å². The van der Waals surface area contributed by atoms with Gasteiger partial charge in [-0.2, -0.15) is 0 Å². The minimum atomic E-state index is -0.143. The number of carbonyl (C=O) groups is 2. The van der Waals surface area contributed by atoms with E-state index in [-0.39, 0.29) is 23.7 Å². The lowest BCUT2D eigenvalue weighted by Gasteiger charge is -2.34. The summed E-state index contributed by atoms with van der Waals surface area (Å²) in [5, 5.41) is 3.51. The van der Waals surface area contributed by atoms with E-state index in [0.717, 1.165) is 32.2 Å². The van der Waals surface area contributed by atoms with Crippen molar-refractivity contribution >= 4 is 11.9 Å². The monoisotopic (exact) mass is 280 g/mol. The number of likely N-dealkylation sites (tertiary alicyclic amines) is 1. The number of nitrogens with one attached hydrogen (secondary N) is 1. The average Bonchev–Trinajstić information content (AvgIpc) is 3.09. The van der Waals surface area contributed by atoms with E-state index in [4.69, 9.17) is 4.74 Å². The summed E-state index contributed by atoms with van der Waals surface area (Å²) in [4.78, 5) is 26.4. The van der Waals surface area contributed by atoms with Crippen molar-refractivity contribution in [3.8, 4) is 0 Å². The van der Waals surface area contributed by atoms with Gasteiger partial charge in [0.05, 0.1) is 18.4 Å². The molecule has 2 bridgehead atoms.